The average Bonchev–Trinajstić information content (AvgIpc) is 3.10. The molecule has 1 saturated carbocycles. The Labute approximate surface area is 117 Å². The molecule has 0 bridgehead atoms. The van der Waals surface area contributed by atoms with E-state index in [1.165, 1.54) is 23.3 Å². The minimum atomic E-state index is 0.189. The monoisotopic (exact) mass is 277 g/mol. The van der Waals surface area contributed by atoms with Crippen LogP contribution in [0, 0.1) is 0 Å². The summed E-state index contributed by atoms with van der Waals surface area (Å²) < 4.78 is 0.849. The van der Waals surface area contributed by atoms with E-state index in [1.54, 1.807) is 11.3 Å². The summed E-state index contributed by atoms with van der Waals surface area (Å²) in [5.41, 5.74) is 8.05. The van der Waals surface area contributed by atoms with E-state index in [0.29, 0.717) is 0 Å². The van der Waals surface area contributed by atoms with Gasteiger partial charge in [0.25, 0.3) is 0 Å². The van der Waals surface area contributed by atoms with E-state index in [2.05, 4.69) is 36.4 Å². The number of rotatable bonds is 4. The van der Waals surface area contributed by atoms with Crippen molar-refractivity contribution in [1.82, 2.24) is 0 Å². The Hall–Kier alpha value is -0.830. The summed E-state index contributed by atoms with van der Waals surface area (Å²) in [5, 5.41) is 0. The molecule has 1 aromatic heterocycles. The van der Waals surface area contributed by atoms with E-state index < -0.39 is 0 Å². The second kappa shape index (κ2) is 4.69. The maximum Gasteiger partial charge on any atom is 0.0931 e. The van der Waals surface area contributed by atoms with Crippen LogP contribution in [0.5, 0.6) is 0 Å². The van der Waals surface area contributed by atoms with Gasteiger partial charge in [0.1, 0.15) is 0 Å². The quantitative estimate of drug-likeness (QED) is 0.898. The van der Waals surface area contributed by atoms with Crippen LogP contribution in [-0.4, -0.2) is 6.04 Å². The van der Waals surface area contributed by atoms with Gasteiger partial charge in [-0.2, -0.15) is 0 Å². The van der Waals surface area contributed by atoms with Gasteiger partial charge < -0.3 is 5.73 Å². The molecule has 1 aromatic carbocycles. The first kappa shape index (κ1) is 12.2. The highest BCUT2D eigenvalue weighted by molar-refractivity contribution is 7.16. The van der Waals surface area contributed by atoms with Crippen molar-refractivity contribution in [2.45, 2.75) is 30.7 Å². The Kier molecular flexibility index (Phi) is 3.18. The van der Waals surface area contributed by atoms with E-state index in [9.17, 15) is 0 Å². The van der Waals surface area contributed by atoms with Crippen molar-refractivity contribution in [1.29, 1.82) is 0 Å². The highest BCUT2D eigenvalue weighted by atomic mass is 35.5. The molecule has 0 aliphatic heterocycles. The molecule has 0 saturated heterocycles. The zero-order valence-corrected chi connectivity index (χ0v) is 11.7. The summed E-state index contributed by atoms with van der Waals surface area (Å²) in [6, 6.07) is 14.9. The lowest BCUT2D eigenvalue weighted by molar-refractivity contribution is 0.517. The van der Waals surface area contributed by atoms with Gasteiger partial charge in [-0.1, -0.05) is 41.9 Å². The summed E-state index contributed by atoms with van der Waals surface area (Å²) in [7, 11) is 0. The molecular formula is C15H16ClNS. The van der Waals surface area contributed by atoms with Crippen molar-refractivity contribution in [3.8, 4) is 0 Å². The van der Waals surface area contributed by atoms with Crippen LogP contribution in [-0.2, 0) is 11.8 Å². The molecule has 0 radical (unpaired) electrons. The Balaban J connectivity index is 1.78. The van der Waals surface area contributed by atoms with Gasteiger partial charge in [0.2, 0.25) is 0 Å². The highest BCUT2D eigenvalue weighted by Gasteiger charge is 2.48. The van der Waals surface area contributed by atoms with Crippen LogP contribution in [0.25, 0.3) is 0 Å². The molecule has 2 aromatic rings. The average molecular weight is 278 g/mol. The Bertz CT molecular complexity index is 530. The number of benzene rings is 1. The maximum atomic E-state index is 6.45. The Morgan fingerprint density at radius 2 is 1.89 bits per heavy atom. The molecular weight excluding hydrogens is 262 g/mol. The predicted molar refractivity (Wildman–Crippen MR) is 78.4 cm³/mol. The fraction of sp³-hybridized carbons (Fsp3) is 0.333. The standard InChI is InChI=1S/C15H16ClNS/c16-14-7-6-12(18-14)10-13(17)15(8-9-15)11-4-2-1-3-5-11/h1-7,13H,8-10,17H2. The first-order valence-corrected chi connectivity index (χ1v) is 7.45. The second-order valence-corrected chi connectivity index (χ2v) is 6.84. The molecule has 1 atom stereocenters. The van der Waals surface area contributed by atoms with E-state index in [0.717, 1.165) is 10.8 Å². The number of nitrogens with two attached hydrogens (primary N) is 1. The molecule has 3 heteroatoms. The molecule has 2 N–H and O–H groups in total. The van der Waals surface area contributed by atoms with Gasteiger partial charge in [-0.25, -0.2) is 0 Å². The van der Waals surface area contributed by atoms with Crippen LogP contribution in [0.4, 0.5) is 0 Å². The highest BCUT2D eigenvalue weighted by Crippen LogP contribution is 2.51. The SMILES string of the molecule is NC(Cc1ccc(Cl)s1)C1(c2ccccc2)CC1. The lowest BCUT2D eigenvalue weighted by Gasteiger charge is -2.23. The minimum Gasteiger partial charge on any atom is -0.327 e. The van der Waals surface area contributed by atoms with Gasteiger partial charge in [0, 0.05) is 16.3 Å². The van der Waals surface area contributed by atoms with Gasteiger partial charge in [-0.05, 0) is 37.0 Å². The number of thiophene rings is 1. The van der Waals surface area contributed by atoms with Crippen molar-refractivity contribution in [3.63, 3.8) is 0 Å². The van der Waals surface area contributed by atoms with Crippen LogP contribution in [0.3, 0.4) is 0 Å². The van der Waals surface area contributed by atoms with Crippen LogP contribution in [0.15, 0.2) is 42.5 Å². The van der Waals surface area contributed by atoms with Crippen LogP contribution < -0.4 is 5.73 Å². The molecule has 3 rings (SSSR count). The molecule has 94 valence electrons. The zero-order chi connectivity index (χ0) is 12.6. The normalized spacial score (nSPS) is 18.6. The molecule has 1 aliphatic carbocycles. The molecule has 1 nitrogen and oxygen atoms in total. The summed E-state index contributed by atoms with van der Waals surface area (Å²) in [4.78, 5) is 1.29. The number of halogens is 1. The third-order valence-electron chi connectivity index (χ3n) is 3.90. The van der Waals surface area contributed by atoms with E-state index in [4.69, 9.17) is 17.3 Å². The second-order valence-electron chi connectivity index (χ2n) is 5.04. The summed E-state index contributed by atoms with van der Waals surface area (Å²) in [6.07, 6.45) is 3.33. The van der Waals surface area contributed by atoms with Crippen LogP contribution in [0.2, 0.25) is 4.34 Å². The first-order chi connectivity index (χ1) is 8.71. The van der Waals surface area contributed by atoms with Gasteiger partial charge in [0.05, 0.1) is 4.34 Å². The largest absolute Gasteiger partial charge is 0.327 e. The third-order valence-corrected chi connectivity index (χ3v) is 5.15. The summed E-state index contributed by atoms with van der Waals surface area (Å²) in [5.74, 6) is 0. The molecule has 1 aliphatic rings. The van der Waals surface area contributed by atoms with Crippen LogP contribution >= 0.6 is 22.9 Å². The Morgan fingerprint density at radius 1 is 1.17 bits per heavy atom. The fourth-order valence-electron chi connectivity index (χ4n) is 2.65. The lowest BCUT2D eigenvalue weighted by atomic mass is 9.86. The zero-order valence-electron chi connectivity index (χ0n) is 10.1. The first-order valence-electron chi connectivity index (χ1n) is 6.26. The van der Waals surface area contributed by atoms with Crippen molar-refractivity contribution in [3.05, 3.63) is 57.2 Å². The van der Waals surface area contributed by atoms with Crippen molar-refractivity contribution >= 4 is 22.9 Å². The molecule has 1 fully saturated rings. The molecule has 1 unspecified atom stereocenters. The van der Waals surface area contributed by atoms with E-state index in [-0.39, 0.29) is 11.5 Å². The Morgan fingerprint density at radius 3 is 2.44 bits per heavy atom. The summed E-state index contributed by atoms with van der Waals surface area (Å²) >= 11 is 7.61. The predicted octanol–water partition coefficient (Wildman–Crippen LogP) is 4.00. The smallest absolute Gasteiger partial charge is 0.0931 e. The van der Waals surface area contributed by atoms with Gasteiger partial charge in [-0.3, -0.25) is 0 Å². The van der Waals surface area contributed by atoms with Crippen molar-refractivity contribution in [2.75, 3.05) is 0 Å². The lowest BCUT2D eigenvalue weighted by Crippen LogP contribution is -2.36. The van der Waals surface area contributed by atoms with Gasteiger partial charge in [-0.15, -0.1) is 11.3 Å². The fourth-order valence-corrected chi connectivity index (χ4v) is 3.80. The number of hydrogen-bond acceptors (Lipinski definition) is 2. The molecule has 18 heavy (non-hydrogen) atoms. The number of hydrogen-bond donors (Lipinski definition) is 1. The van der Waals surface area contributed by atoms with Gasteiger partial charge in [0.15, 0.2) is 0 Å². The van der Waals surface area contributed by atoms with Crippen molar-refractivity contribution < 1.29 is 0 Å². The topological polar surface area (TPSA) is 26.0 Å². The summed E-state index contributed by atoms with van der Waals surface area (Å²) in [6.45, 7) is 0. The maximum absolute atomic E-state index is 6.45. The van der Waals surface area contributed by atoms with Gasteiger partial charge >= 0.3 is 0 Å². The molecule has 0 amide bonds. The molecule has 0 spiro atoms. The molecule has 1 heterocycles. The third kappa shape index (κ3) is 2.20. The van der Waals surface area contributed by atoms with Crippen LogP contribution in [0.1, 0.15) is 23.3 Å². The minimum absolute atomic E-state index is 0.189. The van der Waals surface area contributed by atoms with E-state index in [1.807, 2.05) is 6.07 Å². The van der Waals surface area contributed by atoms with E-state index >= 15 is 0 Å². The van der Waals surface area contributed by atoms with Crippen molar-refractivity contribution in [2.24, 2.45) is 5.73 Å².